The number of fused-ring (bicyclic) bond motifs is 1. The highest BCUT2D eigenvalue weighted by Crippen LogP contribution is 2.19. The highest BCUT2D eigenvalue weighted by atomic mass is 16.5. The van der Waals surface area contributed by atoms with Gasteiger partial charge < -0.3 is 14.8 Å². The summed E-state index contributed by atoms with van der Waals surface area (Å²) in [5.41, 5.74) is 1.86. The Morgan fingerprint density at radius 1 is 0.917 bits per heavy atom. The number of likely N-dealkylation sites (N-methyl/N-ethyl adjacent to an activating group) is 2. The molecule has 2 N–H and O–H groups in total. The lowest BCUT2D eigenvalue weighted by molar-refractivity contribution is -0.526. The predicted molar refractivity (Wildman–Crippen MR) is 132 cm³/mol. The summed E-state index contributed by atoms with van der Waals surface area (Å²) in [6.07, 6.45) is 0. The van der Waals surface area contributed by atoms with E-state index in [2.05, 4.69) is 15.6 Å². The number of ether oxygens (including phenoxy) is 2. The van der Waals surface area contributed by atoms with Crippen molar-refractivity contribution < 1.29 is 28.4 Å². The van der Waals surface area contributed by atoms with Gasteiger partial charge in [0, 0.05) is 20.6 Å². The standard InChI is InChI=1S/C25H28N6O5/c1-29-22-21(23(33)30(2)25(29)34)31(15-20(32)26-13-16-5-9-18(35-3)10-6-16)24(28-22)27-14-17-7-11-19(36-4)12-8-17/h5-12,21H,13-15H2,1-4H3,(H,26,32)/p+1. The zero-order valence-electron chi connectivity index (χ0n) is 20.6. The van der Waals surface area contributed by atoms with Crippen LogP contribution in [0, 0.1) is 0 Å². The molecule has 11 heteroatoms. The number of aliphatic imine (C=N–C) groups is 1. The van der Waals surface area contributed by atoms with Crippen LogP contribution in [-0.4, -0.2) is 84.9 Å². The van der Waals surface area contributed by atoms with Crippen LogP contribution in [0.25, 0.3) is 0 Å². The van der Waals surface area contributed by atoms with E-state index >= 15 is 0 Å². The largest absolute Gasteiger partial charge is 0.497 e. The van der Waals surface area contributed by atoms with E-state index in [0.29, 0.717) is 19.0 Å². The zero-order chi connectivity index (χ0) is 25.8. The first kappa shape index (κ1) is 24.7. The minimum Gasteiger partial charge on any atom is -0.497 e. The van der Waals surface area contributed by atoms with E-state index in [0.717, 1.165) is 27.5 Å². The zero-order valence-corrected chi connectivity index (χ0v) is 20.6. The minimum atomic E-state index is -0.886. The summed E-state index contributed by atoms with van der Waals surface area (Å²) in [4.78, 5) is 45.3. The number of nitrogens with one attached hydrogen (secondary N) is 2. The van der Waals surface area contributed by atoms with Crippen LogP contribution in [0.2, 0.25) is 0 Å². The molecule has 0 radical (unpaired) electrons. The van der Waals surface area contributed by atoms with Crippen molar-refractivity contribution in [2.75, 3.05) is 34.9 Å². The maximum absolute atomic E-state index is 13.0. The third-order valence-electron chi connectivity index (χ3n) is 6.10. The maximum Gasteiger partial charge on any atom is 0.390 e. The second kappa shape index (κ2) is 10.5. The second-order valence-electron chi connectivity index (χ2n) is 8.39. The fourth-order valence-electron chi connectivity index (χ4n) is 3.98. The van der Waals surface area contributed by atoms with Crippen molar-refractivity contribution in [2.45, 2.75) is 19.1 Å². The van der Waals surface area contributed by atoms with Crippen LogP contribution in [0.1, 0.15) is 11.1 Å². The quantitative estimate of drug-likeness (QED) is 0.526. The molecule has 36 heavy (non-hydrogen) atoms. The van der Waals surface area contributed by atoms with Gasteiger partial charge in [0.1, 0.15) is 18.0 Å². The molecule has 188 valence electrons. The number of benzene rings is 2. The van der Waals surface area contributed by atoms with Gasteiger partial charge in [-0.1, -0.05) is 29.3 Å². The first-order valence-corrected chi connectivity index (χ1v) is 11.4. The molecule has 1 atom stereocenters. The summed E-state index contributed by atoms with van der Waals surface area (Å²) in [5, 5.41) is 6.10. The third kappa shape index (κ3) is 4.99. The molecule has 1 saturated heterocycles. The molecule has 1 fully saturated rings. The Labute approximate surface area is 209 Å². The number of amidine groups is 1. The molecule has 0 saturated carbocycles. The average Bonchev–Trinajstić information content (AvgIpc) is 3.26. The van der Waals surface area contributed by atoms with Crippen molar-refractivity contribution in [3.63, 3.8) is 0 Å². The summed E-state index contributed by atoms with van der Waals surface area (Å²) in [5.74, 6) is 1.36. The van der Waals surface area contributed by atoms with Crippen LogP contribution in [0.15, 0.2) is 53.5 Å². The van der Waals surface area contributed by atoms with Crippen molar-refractivity contribution in [1.82, 2.24) is 20.4 Å². The SMILES string of the molecule is COc1ccc(CNC(=O)C[N+]2=C(NCc3ccc(OC)cc3)N=C3C2C(=O)N(C)C(=O)N3C)cc1. The van der Waals surface area contributed by atoms with E-state index in [9.17, 15) is 14.4 Å². The number of carbonyl (C=O) groups is 3. The molecular weight excluding hydrogens is 464 g/mol. The van der Waals surface area contributed by atoms with E-state index in [1.807, 2.05) is 48.5 Å². The van der Waals surface area contributed by atoms with Gasteiger partial charge in [-0.15, -0.1) is 0 Å². The van der Waals surface area contributed by atoms with Gasteiger partial charge in [-0.05, 0) is 35.4 Å². The van der Waals surface area contributed by atoms with Gasteiger partial charge in [0.15, 0.2) is 0 Å². The van der Waals surface area contributed by atoms with Gasteiger partial charge in [0.2, 0.25) is 11.9 Å². The average molecular weight is 494 g/mol. The number of methoxy groups -OCH3 is 2. The first-order valence-electron chi connectivity index (χ1n) is 11.4. The van der Waals surface area contributed by atoms with Crippen LogP contribution >= 0.6 is 0 Å². The van der Waals surface area contributed by atoms with Crippen molar-refractivity contribution in [1.29, 1.82) is 0 Å². The van der Waals surface area contributed by atoms with Crippen LogP contribution in [0.4, 0.5) is 4.79 Å². The molecule has 11 nitrogen and oxygen atoms in total. The summed E-state index contributed by atoms with van der Waals surface area (Å²) in [6, 6.07) is 13.5. The smallest absolute Gasteiger partial charge is 0.390 e. The van der Waals surface area contributed by atoms with Gasteiger partial charge in [0.25, 0.3) is 11.8 Å². The molecule has 2 aliphatic rings. The van der Waals surface area contributed by atoms with Gasteiger partial charge in [0.05, 0.1) is 20.8 Å². The molecule has 2 aromatic rings. The number of rotatable bonds is 8. The Bertz CT molecular complexity index is 1220. The first-order chi connectivity index (χ1) is 17.3. The minimum absolute atomic E-state index is 0.125. The van der Waals surface area contributed by atoms with E-state index < -0.39 is 18.0 Å². The molecule has 0 bridgehead atoms. The molecule has 2 heterocycles. The number of guanidine groups is 1. The van der Waals surface area contributed by atoms with Crippen molar-refractivity contribution >= 4 is 29.6 Å². The molecule has 0 spiro atoms. The Balaban J connectivity index is 1.52. The topological polar surface area (TPSA) is 116 Å². The van der Waals surface area contributed by atoms with E-state index in [1.54, 1.807) is 25.8 Å². The molecule has 0 aliphatic carbocycles. The Morgan fingerprint density at radius 3 is 2.03 bits per heavy atom. The number of hydrogen-bond acceptors (Lipinski definition) is 7. The van der Waals surface area contributed by atoms with Crippen LogP contribution in [0.5, 0.6) is 11.5 Å². The number of carbonyl (C=O) groups excluding carboxylic acids is 3. The molecule has 0 aromatic heterocycles. The van der Waals surface area contributed by atoms with E-state index in [4.69, 9.17) is 9.47 Å². The predicted octanol–water partition coefficient (Wildman–Crippen LogP) is 0.783. The van der Waals surface area contributed by atoms with Gasteiger partial charge >= 0.3 is 12.0 Å². The molecule has 4 amide bonds. The monoisotopic (exact) mass is 493 g/mol. The maximum atomic E-state index is 13.0. The van der Waals surface area contributed by atoms with Crippen LogP contribution in [-0.2, 0) is 22.7 Å². The summed E-state index contributed by atoms with van der Waals surface area (Å²) < 4.78 is 11.9. The Kier molecular flexibility index (Phi) is 7.18. The van der Waals surface area contributed by atoms with Gasteiger partial charge in [-0.3, -0.25) is 24.7 Å². The molecular formula is C25H29N6O5+. The summed E-state index contributed by atoms with van der Waals surface area (Å²) in [7, 11) is 6.17. The normalized spacial score (nSPS) is 17.1. The van der Waals surface area contributed by atoms with E-state index in [-0.39, 0.29) is 18.3 Å². The van der Waals surface area contributed by atoms with Crippen LogP contribution < -0.4 is 20.1 Å². The highest BCUT2D eigenvalue weighted by Gasteiger charge is 2.51. The molecule has 4 rings (SSSR count). The van der Waals surface area contributed by atoms with Gasteiger partial charge in [-0.2, -0.15) is 0 Å². The third-order valence-corrected chi connectivity index (χ3v) is 6.10. The Hall–Kier alpha value is -4.41. The number of hydrogen-bond donors (Lipinski definition) is 2. The second-order valence-corrected chi connectivity index (χ2v) is 8.39. The van der Waals surface area contributed by atoms with Crippen molar-refractivity contribution in [3.05, 3.63) is 59.7 Å². The lowest BCUT2D eigenvalue weighted by Crippen LogP contribution is -2.62. The highest BCUT2D eigenvalue weighted by molar-refractivity contribution is 6.22. The lowest BCUT2D eigenvalue weighted by Gasteiger charge is -2.31. The number of urea groups is 1. The fraction of sp³-hybridized carbons (Fsp3) is 0.320. The van der Waals surface area contributed by atoms with Crippen molar-refractivity contribution in [2.24, 2.45) is 4.99 Å². The summed E-state index contributed by atoms with van der Waals surface area (Å²) >= 11 is 0. The van der Waals surface area contributed by atoms with Crippen LogP contribution in [0.3, 0.4) is 0 Å². The lowest BCUT2D eigenvalue weighted by atomic mass is 10.1. The fourth-order valence-corrected chi connectivity index (χ4v) is 3.98. The number of imide groups is 1. The molecule has 2 aliphatic heterocycles. The Morgan fingerprint density at radius 2 is 1.47 bits per heavy atom. The number of amides is 4. The van der Waals surface area contributed by atoms with Crippen molar-refractivity contribution in [3.8, 4) is 11.5 Å². The van der Waals surface area contributed by atoms with Gasteiger partial charge in [-0.25, -0.2) is 9.37 Å². The summed E-state index contributed by atoms with van der Waals surface area (Å²) in [6.45, 7) is 0.588. The number of nitrogens with zero attached hydrogens (tertiary/aromatic N) is 4. The molecule has 2 aromatic carbocycles. The molecule has 1 unspecified atom stereocenters. The van der Waals surface area contributed by atoms with E-state index in [1.165, 1.54) is 11.9 Å².